The van der Waals surface area contributed by atoms with Crippen LogP contribution in [0, 0.1) is 18.7 Å². The van der Waals surface area contributed by atoms with Crippen LogP contribution in [0.5, 0.6) is 11.5 Å². The number of carbonyl (C=O) groups is 1. The summed E-state index contributed by atoms with van der Waals surface area (Å²) in [6.45, 7) is 2.00. The molecule has 1 heterocycles. The average molecular weight is 269 g/mol. The quantitative estimate of drug-likeness (QED) is 0.776. The molecule has 6 heteroatoms. The van der Waals surface area contributed by atoms with Gasteiger partial charge in [-0.3, -0.25) is 4.79 Å². The summed E-state index contributed by atoms with van der Waals surface area (Å²) >= 11 is 0. The Kier molecular flexibility index (Phi) is 3.61. The van der Waals surface area contributed by atoms with Crippen molar-refractivity contribution in [2.75, 3.05) is 13.7 Å². The van der Waals surface area contributed by atoms with Gasteiger partial charge in [-0.25, -0.2) is 4.39 Å². The molecule has 19 heavy (non-hydrogen) atoms. The molecule has 3 N–H and O–H groups in total. The van der Waals surface area contributed by atoms with Crippen molar-refractivity contribution in [2.45, 2.75) is 19.4 Å². The molecule has 0 aliphatic carbocycles. The van der Waals surface area contributed by atoms with Crippen LogP contribution in [0.25, 0.3) is 0 Å². The molecule has 0 bridgehead atoms. The summed E-state index contributed by atoms with van der Waals surface area (Å²) in [4.78, 5) is 10.9. The Morgan fingerprint density at radius 1 is 1.58 bits per heavy atom. The normalized spacial score (nSPS) is 22.5. The Morgan fingerprint density at radius 2 is 2.26 bits per heavy atom. The second-order valence-electron chi connectivity index (χ2n) is 4.71. The van der Waals surface area contributed by atoms with E-state index in [-0.39, 0.29) is 11.3 Å². The maximum atomic E-state index is 14.1. The van der Waals surface area contributed by atoms with Crippen molar-refractivity contribution in [3.05, 3.63) is 23.0 Å². The standard InChI is InChI=1S/C13H16FNO4/c1-6-3-8(10(14)11(16)12(6)19-2)9-4-7(5-15-9)13(17)18/h3,7,9,15-16H,4-5H2,1-2H3,(H,17,18). The van der Waals surface area contributed by atoms with E-state index in [0.29, 0.717) is 18.5 Å². The lowest BCUT2D eigenvalue weighted by atomic mass is 9.97. The third-order valence-corrected chi connectivity index (χ3v) is 3.47. The van der Waals surface area contributed by atoms with Gasteiger partial charge >= 0.3 is 5.97 Å². The first-order chi connectivity index (χ1) is 8.95. The van der Waals surface area contributed by atoms with Gasteiger partial charge in [0, 0.05) is 18.2 Å². The highest BCUT2D eigenvalue weighted by molar-refractivity contribution is 5.71. The fourth-order valence-electron chi connectivity index (χ4n) is 2.46. The number of halogens is 1. The number of ether oxygens (including phenoxy) is 1. The fraction of sp³-hybridized carbons (Fsp3) is 0.462. The van der Waals surface area contributed by atoms with E-state index in [4.69, 9.17) is 9.84 Å². The molecule has 1 aliphatic rings. The van der Waals surface area contributed by atoms with Gasteiger partial charge < -0.3 is 20.3 Å². The largest absolute Gasteiger partial charge is 0.502 e. The van der Waals surface area contributed by atoms with E-state index in [9.17, 15) is 14.3 Å². The van der Waals surface area contributed by atoms with Gasteiger partial charge in [-0.2, -0.15) is 0 Å². The summed E-state index contributed by atoms with van der Waals surface area (Å²) in [5.41, 5.74) is 0.886. The summed E-state index contributed by atoms with van der Waals surface area (Å²) in [6.07, 6.45) is 0.303. The Bertz CT molecular complexity index is 518. The summed E-state index contributed by atoms with van der Waals surface area (Å²) in [7, 11) is 1.36. The van der Waals surface area contributed by atoms with E-state index in [2.05, 4.69) is 5.32 Å². The molecule has 1 saturated heterocycles. The lowest BCUT2D eigenvalue weighted by Gasteiger charge is -2.16. The molecule has 1 aliphatic heterocycles. The summed E-state index contributed by atoms with van der Waals surface area (Å²) in [5, 5.41) is 21.7. The van der Waals surface area contributed by atoms with Crippen molar-refractivity contribution in [3.63, 3.8) is 0 Å². The number of rotatable bonds is 3. The third-order valence-electron chi connectivity index (χ3n) is 3.47. The number of hydrogen-bond donors (Lipinski definition) is 3. The summed E-state index contributed by atoms with van der Waals surface area (Å²) in [5.74, 6) is -2.61. The number of aromatic hydroxyl groups is 1. The van der Waals surface area contributed by atoms with Crippen LogP contribution >= 0.6 is 0 Å². The highest BCUT2D eigenvalue weighted by Crippen LogP contribution is 2.39. The molecule has 2 rings (SSSR count). The molecule has 2 unspecified atom stereocenters. The topological polar surface area (TPSA) is 78.8 Å². The van der Waals surface area contributed by atoms with Crippen molar-refractivity contribution >= 4 is 5.97 Å². The first-order valence-electron chi connectivity index (χ1n) is 5.97. The predicted molar refractivity (Wildman–Crippen MR) is 65.8 cm³/mol. The van der Waals surface area contributed by atoms with Crippen LogP contribution in [0.3, 0.4) is 0 Å². The maximum Gasteiger partial charge on any atom is 0.307 e. The second-order valence-corrected chi connectivity index (χ2v) is 4.71. The first kappa shape index (κ1) is 13.6. The van der Waals surface area contributed by atoms with Crippen LogP contribution in [0.15, 0.2) is 6.07 Å². The van der Waals surface area contributed by atoms with E-state index in [1.165, 1.54) is 7.11 Å². The molecule has 0 spiro atoms. The number of aryl methyl sites for hydroxylation is 1. The molecule has 0 amide bonds. The third kappa shape index (κ3) is 2.35. The SMILES string of the molecule is COc1c(C)cc(C2CC(C(=O)O)CN2)c(F)c1O. The van der Waals surface area contributed by atoms with Crippen LogP contribution < -0.4 is 10.1 Å². The lowest BCUT2D eigenvalue weighted by molar-refractivity contribution is -0.141. The number of carboxylic acids is 1. The molecular weight excluding hydrogens is 253 g/mol. The molecule has 5 nitrogen and oxygen atoms in total. The Balaban J connectivity index is 2.34. The van der Waals surface area contributed by atoms with Crippen LogP contribution in [-0.4, -0.2) is 29.8 Å². The monoisotopic (exact) mass is 269 g/mol. The zero-order chi connectivity index (χ0) is 14.2. The maximum absolute atomic E-state index is 14.1. The van der Waals surface area contributed by atoms with Gasteiger partial charge in [0.1, 0.15) is 0 Å². The van der Waals surface area contributed by atoms with Crippen LogP contribution in [0.2, 0.25) is 0 Å². The number of hydrogen-bond acceptors (Lipinski definition) is 4. The number of methoxy groups -OCH3 is 1. The van der Waals surface area contributed by atoms with E-state index in [0.717, 1.165) is 0 Å². The minimum absolute atomic E-state index is 0.106. The molecule has 1 aromatic rings. The second kappa shape index (κ2) is 5.05. The van der Waals surface area contributed by atoms with Crippen molar-refractivity contribution < 1.29 is 24.1 Å². The van der Waals surface area contributed by atoms with E-state index in [1.807, 2.05) is 0 Å². The molecule has 0 aromatic heterocycles. The van der Waals surface area contributed by atoms with Crippen molar-refractivity contribution in [1.29, 1.82) is 0 Å². The molecular formula is C13H16FNO4. The molecule has 1 fully saturated rings. The number of phenols is 1. The summed E-state index contributed by atoms with van der Waals surface area (Å²) < 4.78 is 19.0. The minimum atomic E-state index is -0.898. The first-order valence-corrected chi connectivity index (χ1v) is 5.97. The van der Waals surface area contributed by atoms with Gasteiger partial charge in [-0.15, -0.1) is 0 Å². The van der Waals surface area contributed by atoms with Crippen LogP contribution in [0.4, 0.5) is 4.39 Å². The van der Waals surface area contributed by atoms with Gasteiger partial charge in [-0.1, -0.05) is 0 Å². The molecule has 0 radical (unpaired) electrons. The molecule has 104 valence electrons. The van der Waals surface area contributed by atoms with Crippen molar-refractivity contribution in [1.82, 2.24) is 5.32 Å². The van der Waals surface area contributed by atoms with Gasteiger partial charge in [0.25, 0.3) is 0 Å². The number of aliphatic carboxylic acids is 1. The average Bonchev–Trinajstić information content (AvgIpc) is 2.84. The van der Waals surface area contributed by atoms with Crippen molar-refractivity contribution in [2.24, 2.45) is 5.92 Å². The number of benzene rings is 1. The lowest BCUT2D eigenvalue weighted by Crippen LogP contribution is -2.17. The van der Waals surface area contributed by atoms with Gasteiger partial charge in [0.05, 0.1) is 13.0 Å². The number of phenolic OH excluding ortho intramolecular Hbond substituents is 1. The Morgan fingerprint density at radius 3 is 2.79 bits per heavy atom. The molecule has 2 atom stereocenters. The van der Waals surface area contributed by atoms with E-state index in [1.54, 1.807) is 13.0 Å². The predicted octanol–water partition coefficient (Wildman–Crippen LogP) is 1.58. The zero-order valence-electron chi connectivity index (χ0n) is 10.7. The highest BCUT2D eigenvalue weighted by Gasteiger charge is 2.33. The Labute approximate surface area is 110 Å². The Hall–Kier alpha value is -1.82. The van der Waals surface area contributed by atoms with Crippen LogP contribution in [0.1, 0.15) is 23.6 Å². The number of nitrogens with one attached hydrogen (secondary N) is 1. The van der Waals surface area contributed by atoms with Gasteiger partial charge in [0.2, 0.25) is 0 Å². The van der Waals surface area contributed by atoms with Gasteiger partial charge in [-0.05, 0) is 25.0 Å². The molecule has 0 saturated carbocycles. The van der Waals surface area contributed by atoms with E-state index >= 15 is 0 Å². The fourth-order valence-corrected chi connectivity index (χ4v) is 2.46. The van der Waals surface area contributed by atoms with Crippen LogP contribution in [-0.2, 0) is 4.79 Å². The van der Waals surface area contributed by atoms with Gasteiger partial charge in [0.15, 0.2) is 17.3 Å². The van der Waals surface area contributed by atoms with Crippen molar-refractivity contribution in [3.8, 4) is 11.5 Å². The smallest absolute Gasteiger partial charge is 0.307 e. The summed E-state index contributed by atoms with van der Waals surface area (Å²) in [6, 6.07) is 1.17. The molecule has 1 aromatic carbocycles. The highest BCUT2D eigenvalue weighted by atomic mass is 19.1. The zero-order valence-corrected chi connectivity index (χ0v) is 10.7. The van der Waals surface area contributed by atoms with E-state index < -0.39 is 29.5 Å². The minimum Gasteiger partial charge on any atom is -0.502 e. The number of carboxylic acid groups (broad SMARTS) is 1.